The number of halogens is 2. The van der Waals surface area contributed by atoms with Gasteiger partial charge in [-0.15, -0.1) is 0 Å². The zero-order valence-electron chi connectivity index (χ0n) is 17.3. The Hall–Kier alpha value is -3.13. The van der Waals surface area contributed by atoms with E-state index in [0.29, 0.717) is 31.1 Å². The molecule has 4 rings (SSSR count). The predicted molar refractivity (Wildman–Crippen MR) is 123 cm³/mol. The molecule has 8 heteroatoms. The van der Waals surface area contributed by atoms with Gasteiger partial charge in [-0.1, -0.05) is 12.1 Å². The van der Waals surface area contributed by atoms with Crippen LogP contribution >= 0.6 is 15.9 Å². The molecule has 0 unspecified atom stereocenters. The lowest BCUT2D eigenvalue weighted by molar-refractivity contribution is 0.115. The molecule has 3 aromatic rings. The number of ether oxygens (including phenoxy) is 2. The van der Waals surface area contributed by atoms with Crippen LogP contribution in [-0.4, -0.2) is 35.1 Å². The van der Waals surface area contributed by atoms with Crippen LogP contribution in [0.4, 0.5) is 14.9 Å². The SMILES string of the molecule is O=C(Nc1cncc(Br)c1)N1CCC(Oc2ccc(OCc3cccc(F)c3)cc2)CC1. The number of amides is 2. The van der Waals surface area contributed by atoms with Crippen LogP contribution in [0.25, 0.3) is 0 Å². The highest BCUT2D eigenvalue weighted by Crippen LogP contribution is 2.23. The summed E-state index contributed by atoms with van der Waals surface area (Å²) in [5, 5.41) is 2.87. The maximum absolute atomic E-state index is 13.2. The number of anilines is 1. The van der Waals surface area contributed by atoms with E-state index in [2.05, 4.69) is 26.2 Å². The Labute approximate surface area is 194 Å². The Morgan fingerprint density at radius 1 is 1.09 bits per heavy atom. The zero-order valence-corrected chi connectivity index (χ0v) is 18.9. The molecule has 1 fully saturated rings. The molecule has 1 aliphatic heterocycles. The van der Waals surface area contributed by atoms with E-state index >= 15 is 0 Å². The topological polar surface area (TPSA) is 63.7 Å². The lowest BCUT2D eigenvalue weighted by Gasteiger charge is -2.32. The number of pyridine rings is 1. The van der Waals surface area contributed by atoms with Gasteiger partial charge in [-0.3, -0.25) is 4.98 Å². The molecule has 1 aliphatic rings. The molecular weight excluding hydrogens is 477 g/mol. The van der Waals surface area contributed by atoms with Gasteiger partial charge in [-0.05, 0) is 64.0 Å². The number of rotatable bonds is 6. The lowest BCUT2D eigenvalue weighted by Crippen LogP contribution is -2.43. The number of nitrogens with one attached hydrogen (secondary N) is 1. The maximum atomic E-state index is 13.2. The summed E-state index contributed by atoms with van der Waals surface area (Å²) >= 11 is 3.35. The second-order valence-electron chi connectivity index (χ2n) is 7.52. The predicted octanol–water partition coefficient (Wildman–Crippen LogP) is 5.64. The van der Waals surface area contributed by atoms with Gasteiger partial charge in [0, 0.05) is 36.6 Å². The molecular formula is C24H23BrFN3O3. The van der Waals surface area contributed by atoms with E-state index in [1.165, 1.54) is 12.1 Å². The minimum Gasteiger partial charge on any atom is -0.490 e. The molecule has 0 bridgehead atoms. The summed E-state index contributed by atoms with van der Waals surface area (Å²) in [4.78, 5) is 18.3. The number of hydrogen-bond acceptors (Lipinski definition) is 4. The van der Waals surface area contributed by atoms with E-state index in [1.807, 2.05) is 36.4 Å². The number of hydrogen-bond donors (Lipinski definition) is 1. The summed E-state index contributed by atoms with van der Waals surface area (Å²) in [6.07, 6.45) is 4.83. The highest BCUT2D eigenvalue weighted by molar-refractivity contribution is 9.10. The Kier molecular flexibility index (Phi) is 7.21. The van der Waals surface area contributed by atoms with Gasteiger partial charge in [-0.2, -0.15) is 0 Å². The zero-order chi connectivity index (χ0) is 22.3. The molecule has 2 heterocycles. The van der Waals surface area contributed by atoms with Crippen LogP contribution < -0.4 is 14.8 Å². The summed E-state index contributed by atoms with van der Waals surface area (Å²) in [6, 6.07) is 15.4. The summed E-state index contributed by atoms with van der Waals surface area (Å²) in [6.45, 7) is 1.54. The molecule has 1 saturated heterocycles. The van der Waals surface area contributed by atoms with Gasteiger partial charge in [0.05, 0.1) is 11.9 Å². The van der Waals surface area contributed by atoms with Crippen LogP contribution in [0.1, 0.15) is 18.4 Å². The first-order valence-electron chi connectivity index (χ1n) is 10.4. The molecule has 6 nitrogen and oxygen atoms in total. The fourth-order valence-electron chi connectivity index (χ4n) is 3.46. The highest BCUT2D eigenvalue weighted by Gasteiger charge is 2.24. The standard InChI is InChI=1S/C24H23BrFN3O3/c25-18-13-20(15-27-14-18)28-24(30)29-10-8-23(9-11-29)32-22-6-4-21(5-7-22)31-16-17-2-1-3-19(26)12-17/h1-7,12-15,23H,8-11,16H2,(H,28,30). The van der Waals surface area contributed by atoms with Crippen molar-refractivity contribution in [2.24, 2.45) is 0 Å². The van der Waals surface area contributed by atoms with Gasteiger partial charge >= 0.3 is 6.03 Å². The van der Waals surface area contributed by atoms with E-state index in [9.17, 15) is 9.18 Å². The molecule has 2 amide bonds. The molecule has 166 valence electrons. The van der Waals surface area contributed by atoms with Gasteiger partial charge in [0.15, 0.2) is 0 Å². The van der Waals surface area contributed by atoms with E-state index in [-0.39, 0.29) is 18.0 Å². The van der Waals surface area contributed by atoms with Crippen LogP contribution in [-0.2, 0) is 6.61 Å². The third-order valence-electron chi connectivity index (χ3n) is 5.11. The van der Waals surface area contributed by atoms with Crippen LogP contribution in [0, 0.1) is 5.82 Å². The number of nitrogens with zero attached hydrogens (tertiary/aromatic N) is 2. The quantitative estimate of drug-likeness (QED) is 0.476. The van der Waals surface area contributed by atoms with E-state index in [4.69, 9.17) is 9.47 Å². The minimum absolute atomic E-state index is 0.0469. The molecule has 32 heavy (non-hydrogen) atoms. The van der Waals surface area contributed by atoms with E-state index < -0.39 is 0 Å². The first-order valence-corrected chi connectivity index (χ1v) is 11.1. The lowest BCUT2D eigenvalue weighted by atomic mass is 10.1. The maximum Gasteiger partial charge on any atom is 0.321 e. The molecule has 0 atom stereocenters. The molecule has 1 N–H and O–H groups in total. The van der Waals surface area contributed by atoms with Gasteiger partial charge < -0.3 is 19.7 Å². The summed E-state index contributed by atoms with van der Waals surface area (Å²) in [5.74, 6) is 1.17. The highest BCUT2D eigenvalue weighted by atomic mass is 79.9. The van der Waals surface area contributed by atoms with Gasteiger partial charge in [-0.25, -0.2) is 9.18 Å². The fraction of sp³-hybridized carbons (Fsp3) is 0.250. The first kappa shape index (κ1) is 22.1. The fourth-order valence-corrected chi connectivity index (χ4v) is 3.82. The summed E-state index contributed by atoms with van der Waals surface area (Å²) in [5.41, 5.74) is 1.43. The van der Waals surface area contributed by atoms with Gasteiger partial charge in [0.2, 0.25) is 0 Å². The number of carbonyl (C=O) groups excluding carboxylic acids is 1. The number of urea groups is 1. The van der Waals surface area contributed by atoms with Crippen molar-refractivity contribution in [3.05, 3.63) is 82.8 Å². The van der Waals surface area contributed by atoms with Crippen molar-refractivity contribution in [1.82, 2.24) is 9.88 Å². The first-order chi connectivity index (χ1) is 15.5. The number of piperidine rings is 1. The summed E-state index contributed by atoms with van der Waals surface area (Å²) < 4.78 is 25.8. The smallest absolute Gasteiger partial charge is 0.321 e. The monoisotopic (exact) mass is 499 g/mol. The Morgan fingerprint density at radius 2 is 1.84 bits per heavy atom. The molecule has 0 radical (unpaired) electrons. The van der Waals surface area contributed by atoms with Crippen molar-refractivity contribution in [1.29, 1.82) is 0 Å². The van der Waals surface area contributed by atoms with Crippen LogP contribution in [0.15, 0.2) is 71.5 Å². The molecule has 1 aromatic heterocycles. The number of likely N-dealkylation sites (tertiary alicyclic amines) is 1. The molecule has 0 spiro atoms. The van der Waals surface area contributed by atoms with Crippen molar-refractivity contribution in [3.63, 3.8) is 0 Å². The molecule has 0 saturated carbocycles. The number of carbonyl (C=O) groups is 1. The Morgan fingerprint density at radius 3 is 2.56 bits per heavy atom. The average molecular weight is 500 g/mol. The third-order valence-corrected chi connectivity index (χ3v) is 5.54. The number of benzene rings is 2. The van der Waals surface area contributed by atoms with E-state index in [0.717, 1.165) is 28.6 Å². The second kappa shape index (κ2) is 10.5. The van der Waals surface area contributed by atoms with Crippen molar-refractivity contribution in [2.45, 2.75) is 25.6 Å². The minimum atomic E-state index is -0.275. The van der Waals surface area contributed by atoms with E-state index in [1.54, 1.807) is 23.4 Å². The van der Waals surface area contributed by atoms with Crippen LogP contribution in [0.5, 0.6) is 11.5 Å². The third kappa shape index (κ3) is 6.20. The largest absolute Gasteiger partial charge is 0.490 e. The van der Waals surface area contributed by atoms with Crippen molar-refractivity contribution in [2.75, 3.05) is 18.4 Å². The van der Waals surface area contributed by atoms with Crippen molar-refractivity contribution in [3.8, 4) is 11.5 Å². The van der Waals surface area contributed by atoms with Crippen molar-refractivity contribution < 1.29 is 18.7 Å². The Bertz CT molecular complexity index is 1060. The van der Waals surface area contributed by atoms with Crippen LogP contribution in [0.3, 0.4) is 0 Å². The average Bonchev–Trinajstić information content (AvgIpc) is 2.79. The normalized spacial score (nSPS) is 14.1. The van der Waals surface area contributed by atoms with Gasteiger partial charge in [0.25, 0.3) is 0 Å². The Balaban J connectivity index is 1.22. The summed E-state index contributed by atoms with van der Waals surface area (Å²) in [7, 11) is 0. The van der Waals surface area contributed by atoms with Crippen LogP contribution in [0.2, 0.25) is 0 Å². The van der Waals surface area contributed by atoms with Gasteiger partial charge in [0.1, 0.15) is 30.0 Å². The molecule has 2 aromatic carbocycles. The second-order valence-corrected chi connectivity index (χ2v) is 8.43. The number of aromatic nitrogens is 1. The van der Waals surface area contributed by atoms with Crippen molar-refractivity contribution >= 4 is 27.6 Å². The molecule has 0 aliphatic carbocycles.